The lowest BCUT2D eigenvalue weighted by molar-refractivity contribution is -0.384. The van der Waals surface area contributed by atoms with Crippen LogP contribution in [0.25, 0.3) is 0 Å². The molecule has 0 aromatic heterocycles. The first kappa shape index (κ1) is 19.6. The average molecular weight is 371 g/mol. The Morgan fingerprint density at radius 1 is 1.24 bits per heavy atom. The quantitative estimate of drug-likeness (QED) is 0.561. The molecule has 1 aromatic carbocycles. The van der Waals surface area contributed by atoms with Gasteiger partial charge < -0.3 is 9.64 Å². The van der Waals surface area contributed by atoms with Crippen molar-refractivity contribution in [2.24, 2.45) is 5.92 Å². The molecule has 8 nitrogen and oxygen atoms in total. The van der Waals surface area contributed by atoms with Gasteiger partial charge in [-0.15, -0.1) is 0 Å². The minimum absolute atomic E-state index is 0.0598. The van der Waals surface area contributed by atoms with Gasteiger partial charge in [-0.3, -0.25) is 10.1 Å². The van der Waals surface area contributed by atoms with Crippen LogP contribution in [0.1, 0.15) is 20.8 Å². The van der Waals surface area contributed by atoms with Crippen molar-refractivity contribution in [3.63, 3.8) is 0 Å². The number of hydrogen-bond acceptors (Lipinski definition) is 6. The monoisotopic (exact) mass is 371 g/mol. The molecule has 1 aromatic rings. The molecule has 0 amide bonds. The Labute approximate surface area is 148 Å². The number of morpholine rings is 1. The topological polar surface area (TPSA) is 93.0 Å². The van der Waals surface area contributed by atoms with Crippen LogP contribution in [0.4, 0.5) is 11.4 Å². The molecule has 1 aliphatic heterocycles. The molecular weight excluding hydrogens is 346 g/mol. The molecule has 140 valence electrons. The minimum atomic E-state index is -3.77. The molecule has 1 fully saturated rings. The van der Waals surface area contributed by atoms with Gasteiger partial charge in [0.15, 0.2) is 0 Å². The molecule has 0 bridgehead atoms. The van der Waals surface area contributed by atoms with E-state index in [0.717, 1.165) is 6.07 Å². The first-order valence-corrected chi connectivity index (χ1v) is 9.69. The largest absolute Gasteiger partial charge is 0.379 e. The summed E-state index contributed by atoms with van der Waals surface area (Å²) in [6.45, 7) is 7.20. The predicted octanol–water partition coefficient (Wildman–Crippen LogP) is 2.10. The number of nitro groups is 1. The van der Waals surface area contributed by atoms with Crippen LogP contribution < -0.4 is 4.90 Å². The predicted molar refractivity (Wildman–Crippen MR) is 95.4 cm³/mol. The van der Waals surface area contributed by atoms with Crippen molar-refractivity contribution in [3.05, 3.63) is 28.3 Å². The van der Waals surface area contributed by atoms with Gasteiger partial charge in [0.1, 0.15) is 5.69 Å². The molecule has 0 aliphatic carbocycles. The number of hydrogen-bond donors (Lipinski definition) is 0. The first-order chi connectivity index (χ1) is 11.7. The van der Waals surface area contributed by atoms with Crippen LogP contribution >= 0.6 is 0 Å². The first-order valence-electron chi connectivity index (χ1n) is 8.25. The lowest BCUT2D eigenvalue weighted by Crippen LogP contribution is -2.40. The van der Waals surface area contributed by atoms with Gasteiger partial charge in [0, 0.05) is 32.2 Å². The standard InChI is InChI=1S/C16H25N3O5S/c1-12(2)13(3)17(4)15-6-5-14(11-16(15)19(20)21)25(22,23)18-7-9-24-10-8-18/h5-6,11-13H,7-10H2,1-4H3. The Kier molecular flexibility index (Phi) is 6.02. The summed E-state index contributed by atoms with van der Waals surface area (Å²) in [5, 5.41) is 11.5. The second kappa shape index (κ2) is 7.67. The molecule has 25 heavy (non-hydrogen) atoms. The molecule has 2 rings (SSSR count). The van der Waals surface area contributed by atoms with E-state index in [-0.39, 0.29) is 29.7 Å². The van der Waals surface area contributed by atoms with Crippen molar-refractivity contribution in [1.82, 2.24) is 4.31 Å². The SMILES string of the molecule is CC(C)C(C)N(C)c1ccc(S(=O)(=O)N2CCOCC2)cc1[N+](=O)[O-]. The van der Waals surface area contributed by atoms with E-state index in [1.54, 1.807) is 7.05 Å². The number of ether oxygens (including phenoxy) is 1. The maximum atomic E-state index is 12.7. The molecule has 0 spiro atoms. The zero-order chi connectivity index (χ0) is 18.8. The summed E-state index contributed by atoms with van der Waals surface area (Å²) in [5.74, 6) is 0.293. The van der Waals surface area contributed by atoms with E-state index in [2.05, 4.69) is 0 Å². The number of rotatable bonds is 6. The second-order valence-corrected chi connectivity index (χ2v) is 8.46. The second-order valence-electron chi connectivity index (χ2n) is 6.52. The van der Waals surface area contributed by atoms with Crippen LogP contribution in [0, 0.1) is 16.0 Å². The fourth-order valence-electron chi connectivity index (χ4n) is 2.71. The maximum absolute atomic E-state index is 12.7. The highest BCUT2D eigenvalue weighted by atomic mass is 32.2. The highest BCUT2D eigenvalue weighted by Gasteiger charge is 2.30. The van der Waals surface area contributed by atoms with E-state index in [4.69, 9.17) is 4.74 Å². The normalized spacial score (nSPS) is 17.5. The number of nitrogens with zero attached hydrogens (tertiary/aromatic N) is 3. The Morgan fingerprint density at radius 3 is 2.36 bits per heavy atom. The van der Waals surface area contributed by atoms with Gasteiger partial charge in [0.05, 0.1) is 23.0 Å². The van der Waals surface area contributed by atoms with E-state index in [9.17, 15) is 18.5 Å². The smallest absolute Gasteiger partial charge is 0.293 e. The van der Waals surface area contributed by atoms with Gasteiger partial charge in [-0.2, -0.15) is 4.31 Å². The summed E-state index contributed by atoms with van der Waals surface area (Å²) < 4.78 is 31.9. The average Bonchev–Trinajstić information content (AvgIpc) is 2.60. The fourth-order valence-corrected chi connectivity index (χ4v) is 4.14. The third-order valence-electron chi connectivity index (χ3n) is 4.71. The maximum Gasteiger partial charge on any atom is 0.293 e. The van der Waals surface area contributed by atoms with Crippen molar-refractivity contribution < 1.29 is 18.1 Å². The highest BCUT2D eigenvalue weighted by Crippen LogP contribution is 2.33. The van der Waals surface area contributed by atoms with Crippen LogP contribution in [0.3, 0.4) is 0 Å². The van der Waals surface area contributed by atoms with E-state index in [0.29, 0.717) is 24.8 Å². The Morgan fingerprint density at radius 2 is 1.84 bits per heavy atom. The molecule has 1 saturated heterocycles. The summed E-state index contributed by atoms with van der Waals surface area (Å²) in [6.07, 6.45) is 0. The Bertz CT molecular complexity index is 729. The Balaban J connectivity index is 2.43. The third-order valence-corrected chi connectivity index (χ3v) is 6.60. The van der Waals surface area contributed by atoms with Crippen molar-refractivity contribution in [3.8, 4) is 0 Å². The van der Waals surface area contributed by atoms with E-state index >= 15 is 0 Å². The van der Waals surface area contributed by atoms with Crippen molar-refractivity contribution in [2.75, 3.05) is 38.3 Å². The summed E-state index contributed by atoms with van der Waals surface area (Å²) >= 11 is 0. The van der Waals surface area contributed by atoms with Crippen LogP contribution in [0.2, 0.25) is 0 Å². The molecule has 1 unspecified atom stereocenters. The Hall–Kier alpha value is -1.71. The van der Waals surface area contributed by atoms with Crippen LogP contribution in [-0.4, -0.2) is 57.0 Å². The van der Waals surface area contributed by atoms with Crippen molar-refractivity contribution >= 4 is 21.4 Å². The number of anilines is 1. The van der Waals surface area contributed by atoms with Gasteiger partial charge in [-0.05, 0) is 25.0 Å². The molecule has 1 heterocycles. The minimum Gasteiger partial charge on any atom is -0.379 e. The zero-order valence-corrected chi connectivity index (χ0v) is 15.8. The zero-order valence-electron chi connectivity index (χ0n) is 15.0. The van der Waals surface area contributed by atoms with E-state index < -0.39 is 14.9 Å². The molecule has 0 radical (unpaired) electrons. The summed E-state index contributed by atoms with van der Waals surface area (Å²) in [7, 11) is -1.99. The highest BCUT2D eigenvalue weighted by molar-refractivity contribution is 7.89. The van der Waals surface area contributed by atoms with Gasteiger partial charge >= 0.3 is 0 Å². The summed E-state index contributed by atoms with van der Waals surface area (Å²) in [5.41, 5.74) is 0.205. The van der Waals surface area contributed by atoms with E-state index in [1.807, 2.05) is 25.7 Å². The third kappa shape index (κ3) is 4.10. The fraction of sp³-hybridized carbons (Fsp3) is 0.625. The van der Waals surface area contributed by atoms with Gasteiger partial charge in [0.2, 0.25) is 10.0 Å². The van der Waals surface area contributed by atoms with Gasteiger partial charge in [-0.1, -0.05) is 13.8 Å². The van der Waals surface area contributed by atoms with Crippen LogP contribution in [0.5, 0.6) is 0 Å². The number of nitro benzene ring substituents is 1. The summed E-state index contributed by atoms with van der Waals surface area (Å²) in [6, 6.07) is 4.19. The molecule has 0 N–H and O–H groups in total. The molecule has 0 saturated carbocycles. The lowest BCUT2D eigenvalue weighted by atomic mass is 10.0. The summed E-state index contributed by atoms with van der Waals surface area (Å²) in [4.78, 5) is 12.7. The molecular formula is C16H25N3O5S. The molecule has 1 aliphatic rings. The van der Waals surface area contributed by atoms with E-state index in [1.165, 1.54) is 16.4 Å². The van der Waals surface area contributed by atoms with Gasteiger partial charge in [-0.25, -0.2) is 8.42 Å². The van der Waals surface area contributed by atoms with Crippen LogP contribution in [-0.2, 0) is 14.8 Å². The van der Waals surface area contributed by atoms with Crippen molar-refractivity contribution in [2.45, 2.75) is 31.7 Å². The lowest BCUT2D eigenvalue weighted by Gasteiger charge is -2.30. The number of benzene rings is 1. The molecule has 1 atom stereocenters. The number of sulfonamides is 1. The molecule has 9 heteroatoms. The van der Waals surface area contributed by atoms with Crippen molar-refractivity contribution in [1.29, 1.82) is 0 Å². The van der Waals surface area contributed by atoms with Crippen LogP contribution in [0.15, 0.2) is 23.1 Å². The van der Waals surface area contributed by atoms with Gasteiger partial charge in [0.25, 0.3) is 5.69 Å².